The highest BCUT2D eigenvalue weighted by Gasteiger charge is 2.35. The quantitative estimate of drug-likeness (QED) is 0.295. The van der Waals surface area contributed by atoms with Crippen LogP contribution in [-0.2, 0) is 0 Å². The second-order valence-corrected chi connectivity index (χ2v) is 9.84. The predicted molar refractivity (Wildman–Crippen MR) is 135 cm³/mol. The Morgan fingerprint density at radius 2 is 1.82 bits per heavy atom. The van der Waals surface area contributed by atoms with E-state index in [0.717, 1.165) is 55.3 Å². The minimum absolute atomic E-state index is 0. The summed E-state index contributed by atoms with van der Waals surface area (Å²) in [5.41, 5.74) is 1.91. The lowest BCUT2D eigenvalue weighted by atomic mass is 9.99. The van der Waals surface area contributed by atoms with Crippen LogP contribution in [0, 0.1) is 11.7 Å². The van der Waals surface area contributed by atoms with Gasteiger partial charge in [-0.05, 0) is 67.5 Å². The normalized spacial score (nSPS) is 16.4. The molecule has 176 valence electrons. The van der Waals surface area contributed by atoms with E-state index in [4.69, 9.17) is 33.3 Å². The molecule has 1 unspecified atom stereocenters. The summed E-state index contributed by atoms with van der Waals surface area (Å²) in [4.78, 5) is 7.34. The van der Waals surface area contributed by atoms with Crippen molar-refractivity contribution in [1.29, 1.82) is 0 Å². The molecule has 0 radical (unpaired) electrons. The highest BCUT2D eigenvalue weighted by atomic mass is 35.5. The zero-order chi connectivity index (χ0) is 22.2. The van der Waals surface area contributed by atoms with E-state index < -0.39 is 0 Å². The Morgan fingerprint density at radius 3 is 2.42 bits per heavy atom. The predicted octanol–water partition coefficient (Wildman–Crippen LogP) is 7.77. The van der Waals surface area contributed by atoms with Crippen LogP contribution in [0.1, 0.15) is 68.8 Å². The van der Waals surface area contributed by atoms with Crippen LogP contribution in [0.5, 0.6) is 0 Å². The summed E-state index contributed by atoms with van der Waals surface area (Å²) < 4.78 is 15.5. The van der Waals surface area contributed by atoms with Crippen LogP contribution < -0.4 is 4.90 Å². The fourth-order valence-corrected chi connectivity index (χ4v) is 4.79. The summed E-state index contributed by atoms with van der Waals surface area (Å²) in [6, 6.07) is 12.5. The second kappa shape index (κ2) is 10.2. The van der Waals surface area contributed by atoms with Crippen molar-refractivity contribution >= 4 is 41.6 Å². The van der Waals surface area contributed by atoms with E-state index in [1.165, 1.54) is 12.8 Å². The molecule has 0 saturated heterocycles. The molecule has 2 fully saturated rings. The standard InChI is InChI=1S/C25H27Cl2FN4.ClH/c1-2-13-31(23(14-16-3-4-16)17-7-10-20(28)11-8-17)25-29-24(18-5-6-18)32(30-25)22-12-9-19(26)15-21(22)27;/h7-12,15-16,18,23H,2-6,13-14H2,1H3;1H. The Morgan fingerprint density at radius 1 is 1.09 bits per heavy atom. The zero-order valence-electron chi connectivity index (χ0n) is 18.6. The van der Waals surface area contributed by atoms with E-state index in [-0.39, 0.29) is 24.3 Å². The Bertz CT molecular complexity index is 1090. The molecule has 3 aromatic rings. The van der Waals surface area contributed by atoms with Crippen molar-refractivity contribution in [2.24, 2.45) is 5.92 Å². The van der Waals surface area contributed by atoms with Crippen molar-refractivity contribution in [2.75, 3.05) is 11.4 Å². The molecule has 1 aromatic heterocycles. The first-order valence-electron chi connectivity index (χ1n) is 11.5. The molecule has 0 N–H and O–H groups in total. The van der Waals surface area contributed by atoms with E-state index in [0.29, 0.717) is 21.9 Å². The molecule has 1 atom stereocenters. The molecule has 2 saturated carbocycles. The smallest absolute Gasteiger partial charge is 0.245 e. The molecular formula is C25H28Cl3FN4. The van der Waals surface area contributed by atoms with E-state index in [1.807, 2.05) is 28.9 Å². The Hall–Kier alpha value is -1.82. The van der Waals surface area contributed by atoms with Gasteiger partial charge in [0.15, 0.2) is 0 Å². The van der Waals surface area contributed by atoms with Gasteiger partial charge in [-0.15, -0.1) is 17.5 Å². The Balaban J connectivity index is 0.00000259. The minimum Gasteiger partial charge on any atom is -0.332 e. The third-order valence-electron chi connectivity index (χ3n) is 6.31. The van der Waals surface area contributed by atoms with Gasteiger partial charge in [-0.1, -0.05) is 55.1 Å². The molecule has 2 aliphatic rings. The van der Waals surface area contributed by atoms with Crippen LogP contribution in [0.15, 0.2) is 42.5 Å². The number of rotatable bonds is 9. The molecule has 4 nitrogen and oxygen atoms in total. The SMILES string of the molecule is CCCN(c1nc(C2CC2)n(-c2ccc(Cl)cc2Cl)n1)C(CC1CC1)c1ccc(F)cc1.Cl. The lowest BCUT2D eigenvalue weighted by Crippen LogP contribution is -2.31. The van der Waals surface area contributed by atoms with Crippen molar-refractivity contribution in [3.05, 3.63) is 69.7 Å². The molecule has 1 heterocycles. The summed E-state index contributed by atoms with van der Waals surface area (Å²) in [6.45, 7) is 3.00. The number of halogens is 4. The maximum absolute atomic E-state index is 13.6. The van der Waals surface area contributed by atoms with Crippen LogP contribution in [-0.4, -0.2) is 21.3 Å². The molecule has 2 aliphatic carbocycles. The Kier molecular flexibility index (Phi) is 7.52. The number of hydrogen-bond donors (Lipinski definition) is 0. The highest BCUT2D eigenvalue weighted by molar-refractivity contribution is 6.35. The molecule has 2 aromatic carbocycles. The van der Waals surface area contributed by atoms with E-state index >= 15 is 0 Å². The van der Waals surface area contributed by atoms with Crippen LogP contribution in [0.4, 0.5) is 10.3 Å². The summed E-state index contributed by atoms with van der Waals surface area (Å²) >= 11 is 12.7. The molecular weight excluding hydrogens is 482 g/mol. The topological polar surface area (TPSA) is 34.0 Å². The van der Waals surface area contributed by atoms with Gasteiger partial charge < -0.3 is 4.90 Å². The van der Waals surface area contributed by atoms with Gasteiger partial charge in [0.2, 0.25) is 5.95 Å². The maximum atomic E-state index is 13.6. The molecule has 8 heteroatoms. The molecule has 33 heavy (non-hydrogen) atoms. The fraction of sp³-hybridized carbons (Fsp3) is 0.440. The number of benzene rings is 2. The first-order valence-corrected chi connectivity index (χ1v) is 12.2. The van der Waals surface area contributed by atoms with Gasteiger partial charge in [-0.3, -0.25) is 0 Å². The van der Waals surface area contributed by atoms with Crippen LogP contribution in [0.25, 0.3) is 5.69 Å². The number of anilines is 1. The van der Waals surface area contributed by atoms with Crippen molar-refractivity contribution in [1.82, 2.24) is 14.8 Å². The lowest BCUT2D eigenvalue weighted by molar-refractivity contribution is 0.525. The van der Waals surface area contributed by atoms with Crippen molar-refractivity contribution in [3.8, 4) is 5.69 Å². The third kappa shape index (κ3) is 5.47. The van der Waals surface area contributed by atoms with Crippen LogP contribution in [0.2, 0.25) is 10.0 Å². The highest BCUT2D eigenvalue weighted by Crippen LogP contribution is 2.44. The maximum Gasteiger partial charge on any atom is 0.245 e. The van der Waals surface area contributed by atoms with E-state index in [9.17, 15) is 4.39 Å². The van der Waals surface area contributed by atoms with Crippen LogP contribution >= 0.6 is 35.6 Å². The first kappa shape index (κ1) is 24.3. The van der Waals surface area contributed by atoms with Gasteiger partial charge in [-0.25, -0.2) is 9.07 Å². The lowest BCUT2D eigenvalue weighted by Gasteiger charge is -2.31. The van der Waals surface area contributed by atoms with Crippen molar-refractivity contribution in [3.63, 3.8) is 0 Å². The molecule has 0 aliphatic heterocycles. The van der Waals surface area contributed by atoms with Gasteiger partial charge in [0.25, 0.3) is 0 Å². The number of aromatic nitrogens is 3. The summed E-state index contributed by atoms with van der Waals surface area (Å²) in [7, 11) is 0. The Labute approximate surface area is 210 Å². The summed E-state index contributed by atoms with van der Waals surface area (Å²) in [5.74, 6) is 2.57. The van der Waals surface area contributed by atoms with Gasteiger partial charge in [-0.2, -0.15) is 4.98 Å². The number of hydrogen-bond acceptors (Lipinski definition) is 3. The molecule has 0 spiro atoms. The van der Waals surface area contributed by atoms with Gasteiger partial charge in [0, 0.05) is 17.5 Å². The van der Waals surface area contributed by atoms with Crippen LogP contribution in [0.3, 0.4) is 0 Å². The third-order valence-corrected chi connectivity index (χ3v) is 6.85. The monoisotopic (exact) mass is 508 g/mol. The second-order valence-electron chi connectivity index (χ2n) is 8.99. The minimum atomic E-state index is -0.211. The van der Waals surface area contributed by atoms with Gasteiger partial charge in [0.05, 0.1) is 16.8 Å². The molecule has 0 amide bonds. The fourth-order valence-electron chi connectivity index (χ4n) is 4.30. The average molecular weight is 510 g/mol. The zero-order valence-corrected chi connectivity index (χ0v) is 20.9. The molecule has 0 bridgehead atoms. The van der Waals surface area contributed by atoms with E-state index in [2.05, 4.69) is 11.8 Å². The average Bonchev–Trinajstić information content (AvgIpc) is 3.71. The van der Waals surface area contributed by atoms with Crippen molar-refractivity contribution < 1.29 is 4.39 Å². The number of nitrogens with zero attached hydrogens (tertiary/aromatic N) is 4. The van der Waals surface area contributed by atoms with Gasteiger partial charge >= 0.3 is 0 Å². The summed E-state index contributed by atoms with van der Waals surface area (Å²) in [5, 5.41) is 6.13. The first-order chi connectivity index (χ1) is 15.5. The largest absolute Gasteiger partial charge is 0.332 e. The van der Waals surface area contributed by atoms with Crippen molar-refractivity contribution in [2.45, 2.75) is 57.4 Å². The molecule has 5 rings (SSSR count). The van der Waals surface area contributed by atoms with Gasteiger partial charge in [0.1, 0.15) is 11.6 Å². The van der Waals surface area contributed by atoms with E-state index in [1.54, 1.807) is 18.2 Å². The summed E-state index contributed by atoms with van der Waals surface area (Å²) in [6.07, 6.45) is 6.74.